The van der Waals surface area contributed by atoms with E-state index < -0.39 is 0 Å². The summed E-state index contributed by atoms with van der Waals surface area (Å²) in [4.78, 5) is 35.6. The summed E-state index contributed by atoms with van der Waals surface area (Å²) in [5, 5.41) is 8.11. The van der Waals surface area contributed by atoms with Gasteiger partial charge in [0.25, 0.3) is 5.91 Å². The summed E-state index contributed by atoms with van der Waals surface area (Å²) in [5.74, 6) is -0.386. The van der Waals surface area contributed by atoms with Crippen LogP contribution < -0.4 is 16.0 Å². The predicted molar refractivity (Wildman–Crippen MR) is 99.1 cm³/mol. The van der Waals surface area contributed by atoms with Gasteiger partial charge in [0, 0.05) is 29.0 Å². The number of carbonyl (C=O) groups excluding carboxylic acids is 3. The average Bonchev–Trinajstić information content (AvgIpc) is 2.63. The number of carbonyl (C=O) groups is 3. The smallest absolute Gasteiger partial charge is 0.251 e. The topological polar surface area (TPSA) is 87.3 Å². The molecule has 0 bridgehead atoms. The minimum Gasteiger partial charge on any atom is -0.354 e. The molecule has 2 rings (SSSR count). The van der Waals surface area contributed by atoms with Crippen LogP contribution in [0.5, 0.6) is 0 Å². The summed E-state index contributed by atoms with van der Waals surface area (Å²) in [6.07, 6.45) is 5.37. The lowest BCUT2D eigenvalue weighted by Gasteiger charge is -2.20. The van der Waals surface area contributed by atoms with E-state index in [0.29, 0.717) is 18.7 Å². The Balaban J connectivity index is 1.59. The van der Waals surface area contributed by atoms with E-state index >= 15 is 0 Å². The van der Waals surface area contributed by atoms with Crippen molar-refractivity contribution in [2.24, 2.45) is 5.92 Å². The molecule has 0 heterocycles. The number of rotatable bonds is 7. The fourth-order valence-corrected chi connectivity index (χ4v) is 3.25. The first-order valence-corrected chi connectivity index (χ1v) is 9.44. The van der Waals surface area contributed by atoms with E-state index in [2.05, 4.69) is 31.9 Å². The standard InChI is InChI=1S/C18H24BrN3O3/c19-15-8-4-7-14(11-15)18(25)22-12-16(23)20-9-10-21-17(24)13-5-2-1-3-6-13/h4,7-8,11,13H,1-3,5-6,9-10,12H2,(H,20,23)(H,21,24)(H,22,25). The molecule has 25 heavy (non-hydrogen) atoms. The van der Waals surface area contributed by atoms with Crippen molar-refractivity contribution in [2.45, 2.75) is 32.1 Å². The van der Waals surface area contributed by atoms with Crippen molar-refractivity contribution in [1.82, 2.24) is 16.0 Å². The van der Waals surface area contributed by atoms with Gasteiger partial charge in [-0.05, 0) is 31.0 Å². The van der Waals surface area contributed by atoms with Crippen molar-refractivity contribution in [3.63, 3.8) is 0 Å². The summed E-state index contributed by atoms with van der Waals surface area (Å²) in [7, 11) is 0. The van der Waals surface area contributed by atoms with Gasteiger partial charge in [-0.2, -0.15) is 0 Å². The molecular formula is C18H24BrN3O3. The number of amides is 3. The Morgan fingerprint density at radius 2 is 1.72 bits per heavy atom. The van der Waals surface area contributed by atoms with Crippen LogP contribution >= 0.6 is 15.9 Å². The molecule has 0 saturated heterocycles. The van der Waals surface area contributed by atoms with Crippen LogP contribution in [0.15, 0.2) is 28.7 Å². The number of benzene rings is 1. The van der Waals surface area contributed by atoms with Crippen LogP contribution in [0.25, 0.3) is 0 Å². The third kappa shape index (κ3) is 6.86. The molecule has 1 aromatic carbocycles. The van der Waals surface area contributed by atoms with Gasteiger partial charge < -0.3 is 16.0 Å². The molecule has 1 saturated carbocycles. The zero-order chi connectivity index (χ0) is 18.1. The molecule has 0 aliphatic heterocycles. The first kappa shape index (κ1) is 19.4. The second kappa shape index (κ2) is 10.2. The Morgan fingerprint density at radius 3 is 2.44 bits per heavy atom. The number of halogens is 1. The molecule has 1 aliphatic carbocycles. The summed E-state index contributed by atoms with van der Waals surface area (Å²) >= 11 is 3.30. The van der Waals surface area contributed by atoms with Crippen LogP contribution in [0.4, 0.5) is 0 Å². The minimum atomic E-state index is -0.304. The zero-order valence-corrected chi connectivity index (χ0v) is 15.7. The summed E-state index contributed by atoms with van der Waals surface area (Å²) in [6, 6.07) is 6.95. The van der Waals surface area contributed by atoms with E-state index in [4.69, 9.17) is 0 Å². The van der Waals surface area contributed by atoms with Crippen molar-refractivity contribution in [2.75, 3.05) is 19.6 Å². The maximum Gasteiger partial charge on any atom is 0.251 e. The average molecular weight is 410 g/mol. The molecule has 0 aromatic heterocycles. The second-order valence-electron chi connectivity index (χ2n) is 6.17. The fraction of sp³-hybridized carbons (Fsp3) is 0.500. The van der Waals surface area contributed by atoms with Crippen LogP contribution in [0.3, 0.4) is 0 Å². The summed E-state index contributed by atoms with van der Waals surface area (Å²) in [6.45, 7) is 0.659. The molecule has 0 unspecified atom stereocenters. The maximum atomic E-state index is 12.0. The van der Waals surface area contributed by atoms with Crippen molar-refractivity contribution >= 4 is 33.7 Å². The zero-order valence-electron chi connectivity index (χ0n) is 14.1. The lowest BCUT2D eigenvalue weighted by atomic mass is 9.89. The Kier molecular flexibility index (Phi) is 7.91. The van der Waals surface area contributed by atoms with Crippen molar-refractivity contribution in [3.05, 3.63) is 34.3 Å². The van der Waals surface area contributed by atoms with Gasteiger partial charge in [0.15, 0.2) is 0 Å². The molecule has 1 aliphatic rings. The minimum absolute atomic E-state index is 0.0805. The van der Waals surface area contributed by atoms with E-state index in [1.54, 1.807) is 18.2 Å². The normalized spacial score (nSPS) is 14.6. The monoisotopic (exact) mass is 409 g/mol. The van der Waals surface area contributed by atoms with Gasteiger partial charge in [0.1, 0.15) is 0 Å². The number of hydrogen-bond acceptors (Lipinski definition) is 3. The van der Waals surface area contributed by atoms with Crippen LogP contribution in [0, 0.1) is 5.92 Å². The van der Waals surface area contributed by atoms with Gasteiger partial charge in [-0.15, -0.1) is 0 Å². The summed E-state index contributed by atoms with van der Waals surface area (Å²) in [5.41, 5.74) is 0.488. The van der Waals surface area contributed by atoms with E-state index in [1.807, 2.05) is 6.07 Å². The van der Waals surface area contributed by atoms with Crippen molar-refractivity contribution < 1.29 is 14.4 Å². The number of hydrogen-bond donors (Lipinski definition) is 3. The lowest BCUT2D eigenvalue weighted by Crippen LogP contribution is -2.41. The molecule has 3 N–H and O–H groups in total. The molecule has 0 spiro atoms. The van der Waals surface area contributed by atoms with E-state index in [1.165, 1.54) is 6.42 Å². The summed E-state index contributed by atoms with van der Waals surface area (Å²) < 4.78 is 0.804. The molecule has 136 valence electrons. The maximum absolute atomic E-state index is 12.0. The highest BCUT2D eigenvalue weighted by molar-refractivity contribution is 9.10. The Bertz CT molecular complexity index is 615. The Morgan fingerprint density at radius 1 is 1.00 bits per heavy atom. The SMILES string of the molecule is O=C(CNC(=O)c1cccc(Br)c1)NCCNC(=O)C1CCCCC1. The fourth-order valence-electron chi connectivity index (χ4n) is 2.85. The van der Waals surface area contributed by atoms with Gasteiger partial charge in [-0.1, -0.05) is 41.3 Å². The Hall–Kier alpha value is -1.89. The molecule has 0 atom stereocenters. The largest absolute Gasteiger partial charge is 0.354 e. The van der Waals surface area contributed by atoms with Crippen LogP contribution in [-0.2, 0) is 9.59 Å². The molecule has 1 fully saturated rings. The lowest BCUT2D eigenvalue weighted by molar-refractivity contribution is -0.126. The van der Waals surface area contributed by atoms with Gasteiger partial charge in [0.2, 0.25) is 11.8 Å². The predicted octanol–water partition coefficient (Wildman–Crippen LogP) is 1.99. The Labute approximate surface area is 156 Å². The second-order valence-corrected chi connectivity index (χ2v) is 7.08. The first-order chi connectivity index (χ1) is 12.1. The number of nitrogens with one attached hydrogen (secondary N) is 3. The van der Waals surface area contributed by atoms with E-state index in [9.17, 15) is 14.4 Å². The van der Waals surface area contributed by atoms with Crippen LogP contribution in [0.2, 0.25) is 0 Å². The molecule has 6 nitrogen and oxygen atoms in total. The van der Waals surface area contributed by atoms with Gasteiger partial charge in [0.05, 0.1) is 6.54 Å². The highest BCUT2D eigenvalue weighted by Gasteiger charge is 2.20. The van der Waals surface area contributed by atoms with Crippen molar-refractivity contribution in [1.29, 1.82) is 0 Å². The molecular weight excluding hydrogens is 386 g/mol. The van der Waals surface area contributed by atoms with Gasteiger partial charge in [-0.3, -0.25) is 14.4 Å². The molecule has 3 amide bonds. The van der Waals surface area contributed by atoms with Crippen LogP contribution in [-0.4, -0.2) is 37.4 Å². The molecule has 0 radical (unpaired) electrons. The van der Waals surface area contributed by atoms with E-state index in [0.717, 1.165) is 30.2 Å². The van der Waals surface area contributed by atoms with Gasteiger partial charge in [-0.25, -0.2) is 0 Å². The molecule has 7 heteroatoms. The van der Waals surface area contributed by atoms with Crippen molar-refractivity contribution in [3.8, 4) is 0 Å². The quantitative estimate of drug-likeness (QED) is 0.601. The van der Waals surface area contributed by atoms with E-state index in [-0.39, 0.29) is 30.2 Å². The first-order valence-electron chi connectivity index (χ1n) is 8.64. The van der Waals surface area contributed by atoms with Crippen LogP contribution in [0.1, 0.15) is 42.5 Å². The highest BCUT2D eigenvalue weighted by Crippen LogP contribution is 2.23. The highest BCUT2D eigenvalue weighted by atomic mass is 79.9. The third-order valence-electron chi connectivity index (χ3n) is 4.22. The molecule has 1 aromatic rings. The third-order valence-corrected chi connectivity index (χ3v) is 4.71. The van der Waals surface area contributed by atoms with Gasteiger partial charge >= 0.3 is 0 Å².